The van der Waals surface area contributed by atoms with Gasteiger partial charge in [-0.25, -0.2) is 9.98 Å². The van der Waals surface area contributed by atoms with E-state index in [2.05, 4.69) is 14.9 Å². The molecule has 2 amide bonds. The number of benzene rings is 3. The van der Waals surface area contributed by atoms with Crippen molar-refractivity contribution < 1.29 is 9.59 Å². The van der Waals surface area contributed by atoms with E-state index >= 15 is 0 Å². The third-order valence-electron chi connectivity index (χ3n) is 4.83. The number of rotatable bonds is 4. The molecule has 2 aromatic rings. The number of carbonyl (C=O) groups is 2. The monoisotopic (exact) mass is 398 g/mol. The molecule has 0 radical (unpaired) electrons. The predicted octanol–water partition coefficient (Wildman–Crippen LogP) is 4.32. The summed E-state index contributed by atoms with van der Waals surface area (Å²) in [5.74, 6) is -0.215. The van der Waals surface area contributed by atoms with Crippen LogP contribution in [0, 0.1) is 0 Å². The van der Waals surface area contributed by atoms with E-state index in [-0.39, 0.29) is 11.8 Å². The van der Waals surface area contributed by atoms with Crippen molar-refractivity contribution in [2.24, 2.45) is 4.99 Å². The van der Waals surface area contributed by atoms with Gasteiger partial charge in [0.05, 0.1) is 27.8 Å². The Morgan fingerprint density at radius 1 is 0.967 bits per heavy atom. The van der Waals surface area contributed by atoms with Crippen LogP contribution in [0.15, 0.2) is 71.7 Å². The van der Waals surface area contributed by atoms with Crippen molar-refractivity contribution in [2.45, 2.75) is 26.7 Å². The molecule has 0 saturated carbocycles. The highest BCUT2D eigenvalue weighted by atomic mass is 16.2. The Morgan fingerprint density at radius 3 is 2.50 bits per heavy atom. The molecule has 0 spiro atoms. The van der Waals surface area contributed by atoms with E-state index in [1.54, 1.807) is 13.0 Å². The minimum atomic E-state index is -0.168. The molecule has 6 nitrogen and oxygen atoms in total. The second-order valence-electron chi connectivity index (χ2n) is 6.92. The lowest BCUT2D eigenvalue weighted by Gasteiger charge is -2.19. The first-order valence-electron chi connectivity index (χ1n) is 9.98. The summed E-state index contributed by atoms with van der Waals surface area (Å²) in [5, 5.41) is 3.51. The van der Waals surface area contributed by atoms with E-state index in [1.807, 2.05) is 67.6 Å². The third kappa shape index (κ3) is 3.85. The van der Waals surface area contributed by atoms with Crippen molar-refractivity contribution in [1.82, 2.24) is 9.55 Å². The van der Waals surface area contributed by atoms with Gasteiger partial charge in [0, 0.05) is 24.2 Å². The number of hydrogen-bond acceptors (Lipinski definition) is 3. The van der Waals surface area contributed by atoms with E-state index in [0.29, 0.717) is 23.9 Å². The maximum Gasteiger partial charge on any atom is 0.245 e. The average Bonchev–Trinajstić information content (AvgIpc) is 2.78. The number of nitrogens with zero attached hydrogens (tertiary/aromatic N) is 3. The van der Waals surface area contributed by atoms with Crippen LogP contribution in [0.2, 0.25) is 0 Å². The number of nitrogens with one attached hydrogen (secondary N) is 1. The molecule has 1 N–H and O–H groups in total. The summed E-state index contributed by atoms with van der Waals surface area (Å²) in [6, 6.07) is 21.2. The molecule has 2 aromatic carbocycles. The van der Waals surface area contributed by atoms with Gasteiger partial charge in [-0.1, -0.05) is 32.0 Å². The third-order valence-corrected chi connectivity index (χ3v) is 4.83. The topological polar surface area (TPSA) is 76.3 Å². The number of anilines is 1. The molecule has 6 heteroatoms. The van der Waals surface area contributed by atoms with Crippen molar-refractivity contribution in [3.05, 3.63) is 72.1 Å². The molecule has 0 aromatic heterocycles. The molecule has 150 valence electrons. The zero-order chi connectivity index (χ0) is 21.1. The van der Waals surface area contributed by atoms with Gasteiger partial charge in [0.1, 0.15) is 0 Å². The lowest BCUT2D eigenvalue weighted by atomic mass is 10.1. The van der Waals surface area contributed by atoms with Crippen molar-refractivity contribution in [1.29, 1.82) is 0 Å². The molecular formula is C24H22N4O2. The molecule has 1 aliphatic carbocycles. The van der Waals surface area contributed by atoms with E-state index in [9.17, 15) is 9.59 Å². The Morgan fingerprint density at radius 2 is 1.77 bits per heavy atom. The summed E-state index contributed by atoms with van der Waals surface area (Å²) in [6.07, 6.45) is 0.760. The molecule has 0 fully saturated rings. The largest absolute Gasteiger partial charge is 0.326 e. The molecule has 1 aliphatic heterocycles. The summed E-state index contributed by atoms with van der Waals surface area (Å²) in [4.78, 5) is 32.7. The number of aromatic nitrogens is 2. The number of amides is 2. The van der Waals surface area contributed by atoms with Gasteiger partial charge in [-0.2, -0.15) is 0 Å². The van der Waals surface area contributed by atoms with Crippen LogP contribution in [0.25, 0.3) is 28.1 Å². The zero-order valence-corrected chi connectivity index (χ0v) is 16.9. The first-order chi connectivity index (χ1) is 14.6. The molecule has 0 saturated heterocycles. The van der Waals surface area contributed by atoms with Crippen molar-refractivity contribution >= 4 is 28.5 Å². The van der Waals surface area contributed by atoms with Crippen LogP contribution in [0.3, 0.4) is 0 Å². The van der Waals surface area contributed by atoms with E-state index in [1.165, 1.54) is 0 Å². The van der Waals surface area contributed by atoms with Crippen LogP contribution < -0.4 is 10.7 Å². The minimum absolute atomic E-state index is 0.0477. The molecule has 4 rings (SSSR count). The van der Waals surface area contributed by atoms with Gasteiger partial charge in [0.25, 0.3) is 0 Å². The standard InChI is InChI=1S/C24H22N4O2/c1-3-23(29)25-16-10-12-19-21(14-16)28(18-8-6-5-7-9-18)22-15-17(26-24(30)4-2)11-13-20(22)27-19/h5-15H,3-4H2,1-2H3,(H,25,29). The maximum atomic E-state index is 11.9. The molecule has 0 unspecified atom stereocenters. The van der Waals surface area contributed by atoms with E-state index in [4.69, 9.17) is 4.98 Å². The normalized spacial score (nSPS) is 11.7. The van der Waals surface area contributed by atoms with Gasteiger partial charge in [-0.15, -0.1) is 0 Å². The predicted molar refractivity (Wildman–Crippen MR) is 117 cm³/mol. The smallest absolute Gasteiger partial charge is 0.245 e. The second-order valence-corrected chi connectivity index (χ2v) is 6.92. The first-order valence-corrected chi connectivity index (χ1v) is 9.98. The Bertz CT molecular complexity index is 1280. The van der Waals surface area contributed by atoms with Crippen molar-refractivity contribution in [3.63, 3.8) is 0 Å². The highest BCUT2D eigenvalue weighted by molar-refractivity contribution is 5.94. The highest BCUT2D eigenvalue weighted by Crippen LogP contribution is 2.29. The van der Waals surface area contributed by atoms with Crippen LogP contribution in [0.4, 0.5) is 5.69 Å². The maximum absolute atomic E-state index is 11.9. The Hall–Kier alpha value is -3.80. The fourth-order valence-corrected chi connectivity index (χ4v) is 3.32. The quantitative estimate of drug-likeness (QED) is 0.520. The Kier molecular flexibility index (Phi) is 5.39. The van der Waals surface area contributed by atoms with Crippen molar-refractivity contribution in [3.8, 4) is 17.1 Å². The molecule has 1 heterocycles. The van der Waals surface area contributed by atoms with Gasteiger partial charge < -0.3 is 9.88 Å². The lowest BCUT2D eigenvalue weighted by Crippen LogP contribution is -2.13. The molecular weight excluding hydrogens is 376 g/mol. The Balaban J connectivity index is 2.04. The molecule has 30 heavy (non-hydrogen) atoms. The summed E-state index contributed by atoms with van der Waals surface area (Å²) in [6.45, 7) is 3.61. The fraction of sp³-hybridized carbons (Fsp3) is 0.167. The van der Waals surface area contributed by atoms with Gasteiger partial charge in [0.15, 0.2) is 0 Å². The Labute approximate surface area is 174 Å². The summed E-state index contributed by atoms with van der Waals surface area (Å²) in [5.41, 5.74) is 4.93. The van der Waals surface area contributed by atoms with Gasteiger partial charge in [-0.05, 0) is 48.5 Å². The van der Waals surface area contributed by atoms with E-state index in [0.717, 1.165) is 28.1 Å². The fourth-order valence-electron chi connectivity index (χ4n) is 3.32. The highest BCUT2D eigenvalue weighted by Gasteiger charge is 2.15. The first kappa shape index (κ1) is 19.5. The number of para-hydroxylation sites is 1. The summed E-state index contributed by atoms with van der Waals surface area (Å²) >= 11 is 0. The average molecular weight is 398 g/mol. The van der Waals surface area contributed by atoms with E-state index < -0.39 is 0 Å². The molecule has 2 aliphatic rings. The lowest BCUT2D eigenvalue weighted by molar-refractivity contribution is -0.118. The van der Waals surface area contributed by atoms with Crippen LogP contribution >= 0.6 is 0 Å². The van der Waals surface area contributed by atoms with Crippen LogP contribution in [-0.2, 0) is 9.59 Å². The van der Waals surface area contributed by atoms with Crippen molar-refractivity contribution in [2.75, 3.05) is 5.32 Å². The minimum Gasteiger partial charge on any atom is -0.326 e. The van der Waals surface area contributed by atoms with Crippen LogP contribution in [0.5, 0.6) is 0 Å². The second kappa shape index (κ2) is 8.29. The van der Waals surface area contributed by atoms with Gasteiger partial charge in [0.2, 0.25) is 11.8 Å². The number of carbonyl (C=O) groups excluding carboxylic acids is 2. The van der Waals surface area contributed by atoms with Gasteiger partial charge >= 0.3 is 0 Å². The van der Waals surface area contributed by atoms with Crippen LogP contribution in [0.1, 0.15) is 26.7 Å². The van der Waals surface area contributed by atoms with Crippen LogP contribution in [-0.4, -0.2) is 21.4 Å². The summed E-state index contributed by atoms with van der Waals surface area (Å²) < 4.78 is 2.08. The molecule has 0 bridgehead atoms. The number of fused-ring (bicyclic) bond motifs is 2. The van der Waals surface area contributed by atoms with Gasteiger partial charge in [-0.3, -0.25) is 9.59 Å². The SMILES string of the molecule is CCC(=O)N=c1ccc2nc3ccc(NC(=O)CC)cc3n(-c3ccccc3)c-2c1. The summed E-state index contributed by atoms with van der Waals surface area (Å²) in [7, 11) is 0. The zero-order valence-electron chi connectivity index (χ0n) is 16.9. The molecule has 0 atom stereocenters. The number of hydrogen-bond donors (Lipinski definition) is 1.